The summed E-state index contributed by atoms with van der Waals surface area (Å²) < 4.78 is 0. The summed E-state index contributed by atoms with van der Waals surface area (Å²) >= 11 is 0. The third kappa shape index (κ3) is 5.71. The summed E-state index contributed by atoms with van der Waals surface area (Å²) in [6.07, 6.45) is 0.345. The molecule has 3 rings (SSSR count). The first-order chi connectivity index (χ1) is 13.5. The van der Waals surface area contributed by atoms with Gasteiger partial charge in [0.25, 0.3) is 0 Å². The number of anilines is 4. The van der Waals surface area contributed by atoms with Crippen LogP contribution in [-0.4, -0.2) is 11.8 Å². The SMILES string of the molecule is CC(=O)Nc1cccc(Nc2ccc(NC(=O)Cc3cccc(C)c3)cc2)c1. The molecule has 0 saturated carbocycles. The van der Waals surface area contributed by atoms with E-state index in [9.17, 15) is 9.59 Å². The number of hydrogen-bond donors (Lipinski definition) is 3. The number of carbonyl (C=O) groups is 2. The first-order valence-corrected chi connectivity index (χ1v) is 9.08. The van der Waals surface area contributed by atoms with Crippen LogP contribution in [0.15, 0.2) is 72.8 Å². The Morgan fingerprint density at radius 1 is 0.750 bits per heavy atom. The van der Waals surface area contributed by atoms with Crippen molar-refractivity contribution in [2.75, 3.05) is 16.0 Å². The molecule has 0 radical (unpaired) electrons. The Balaban J connectivity index is 1.59. The number of amides is 2. The third-order valence-electron chi connectivity index (χ3n) is 4.09. The summed E-state index contributed by atoms with van der Waals surface area (Å²) in [7, 11) is 0. The number of rotatable bonds is 6. The van der Waals surface area contributed by atoms with E-state index in [1.165, 1.54) is 6.92 Å². The number of carbonyl (C=O) groups excluding carboxylic acids is 2. The third-order valence-corrected chi connectivity index (χ3v) is 4.09. The average Bonchev–Trinajstić information content (AvgIpc) is 2.63. The molecule has 0 unspecified atom stereocenters. The Bertz CT molecular complexity index is 981. The van der Waals surface area contributed by atoms with E-state index < -0.39 is 0 Å². The van der Waals surface area contributed by atoms with Crippen LogP contribution in [0.1, 0.15) is 18.1 Å². The summed E-state index contributed by atoms with van der Waals surface area (Å²) in [4.78, 5) is 23.4. The molecule has 0 fully saturated rings. The van der Waals surface area contributed by atoms with Gasteiger partial charge in [0.1, 0.15) is 0 Å². The van der Waals surface area contributed by atoms with Gasteiger partial charge in [-0.25, -0.2) is 0 Å². The zero-order valence-electron chi connectivity index (χ0n) is 16.0. The molecule has 142 valence electrons. The minimum atomic E-state index is -0.108. The molecule has 2 amide bonds. The molecule has 3 aromatic carbocycles. The Morgan fingerprint density at radius 2 is 1.43 bits per heavy atom. The standard InChI is InChI=1S/C23H23N3O2/c1-16-5-3-6-18(13-16)14-23(28)26-20-11-9-19(10-12-20)25-22-8-4-7-21(15-22)24-17(2)27/h3-13,15,25H,14H2,1-2H3,(H,24,27)(H,26,28). The van der Waals surface area contributed by atoms with Crippen LogP contribution in [0.2, 0.25) is 0 Å². The summed E-state index contributed by atoms with van der Waals surface area (Å²) in [6, 6.07) is 22.9. The van der Waals surface area contributed by atoms with Gasteiger partial charge in [0.15, 0.2) is 0 Å². The lowest BCUT2D eigenvalue weighted by atomic mass is 10.1. The number of benzene rings is 3. The molecule has 0 aliphatic rings. The quantitative estimate of drug-likeness (QED) is 0.577. The van der Waals surface area contributed by atoms with Gasteiger partial charge < -0.3 is 16.0 Å². The van der Waals surface area contributed by atoms with E-state index in [1.807, 2.05) is 79.7 Å². The highest BCUT2D eigenvalue weighted by molar-refractivity contribution is 5.92. The molecule has 0 aromatic heterocycles. The summed E-state index contributed by atoms with van der Waals surface area (Å²) in [5.41, 5.74) is 5.37. The van der Waals surface area contributed by atoms with Crippen molar-refractivity contribution in [3.8, 4) is 0 Å². The predicted molar refractivity (Wildman–Crippen MR) is 114 cm³/mol. The molecule has 0 aliphatic heterocycles. The van der Waals surface area contributed by atoms with Crippen LogP contribution in [0, 0.1) is 6.92 Å². The van der Waals surface area contributed by atoms with Gasteiger partial charge in [-0.05, 0) is 55.0 Å². The molecule has 5 nitrogen and oxygen atoms in total. The monoisotopic (exact) mass is 373 g/mol. The lowest BCUT2D eigenvalue weighted by Crippen LogP contribution is -2.14. The fourth-order valence-corrected chi connectivity index (χ4v) is 2.89. The Morgan fingerprint density at radius 3 is 2.14 bits per heavy atom. The van der Waals surface area contributed by atoms with Crippen LogP contribution < -0.4 is 16.0 Å². The van der Waals surface area contributed by atoms with Crippen LogP contribution in [-0.2, 0) is 16.0 Å². The van der Waals surface area contributed by atoms with E-state index in [0.29, 0.717) is 6.42 Å². The van der Waals surface area contributed by atoms with Gasteiger partial charge in [0.05, 0.1) is 6.42 Å². The maximum absolute atomic E-state index is 12.2. The number of nitrogens with one attached hydrogen (secondary N) is 3. The van der Waals surface area contributed by atoms with Gasteiger partial charge in [0, 0.05) is 29.7 Å². The maximum Gasteiger partial charge on any atom is 0.228 e. The van der Waals surface area contributed by atoms with Gasteiger partial charge in [-0.1, -0.05) is 35.9 Å². The van der Waals surface area contributed by atoms with Gasteiger partial charge in [-0.15, -0.1) is 0 Å². The second-order valence-electron chi connectivity index (χ2n) is 6.68. The Labute approximate surface area is 164 Å². The first kappa shape index (κ1) is 19.2. The fourth-order valence-electron chi connectivity index (χ4n) is 2.89. The second-order valence-corrected chi connectivity index (χ2v) is 6.68. The van der Waals surface area contributed by atoms with E-state index in [0.717, 1.165) is 33.9 Å². The first-order valence-electron chi connectivity index (χ1n) is 9.08. The fraction of sp³-hybridized carbons (Fsp3) is 0.130. The minimum Gasteiger partial charge on any atom is -0.355 e. The molecule has 0 aliphatic carbocycles. The molecular weight excluding hydrogens is 350 g/mol. The van der Waals surface area contributed by atoms with Crippen molar-refractivity contribution in [2.24, 2.45) is 0 Å². The zero-order valence-corrected chi connectivity index (χ0v) is 16.0. The van der Waals surface area contributed by atoms with Crippen LogP contribution in [0.5, 0.6) is 0 Å². The Kier molecular flexibility index (Phi) is 6.07. The molecule has 0 atom stereocenters. The molecule has 0 saturated heterocycles. The average molecular weight is 373 g/mol. The lowest BCUT2D eigenvalue weighted by Gasteiger charge is -2.10. The molecule has 28 heavy (non-hydrogen) atoms. The summed E-state index contributed by atoms with van der Waals surface area (Å²) in [5, 5.41) is 8.96. The summed E-state index contributed by atoms with van der Waals surface area (Å²) in [5.74, 6) is -0.155. The highest BCUT2D eigenvalue weighted by atomic mass is 16.2. The van der Waals surface area contributed by atoms with Crippen LogP contribution >= 0.6 is 0 Å². The predicted octanol–water partition coefficient (Wildman–Crippen LogP) is 4.88. The molecule has 3 aromatic rings. The summed E-state index contributed by atoms with van der Waals surface area (Å²) in [6.45, 7) is 3.49. The highest BCUT2D eigenvalue weighted by Crippen LogP contribution is 2.22. The Hall–Kier alpha value is -3.60. The van der Waals surface area contributed by atoms with E-state index in [1.54, 1.807) is 0 Å². The van der Waals surface area contributed by atoms with Gasteiger partial charge in [-0.3, -0.25) is 9.59 Å². The second kappa shape index (κ2) is 8.86. The maximum atomic E-state index is 12.2. The van der Waals surface area contributed by atoms with Crippen molar-refractivity contribution in [3.05, 3.63) is 83.9 Å². The van der Waals surface area contributed by atoms with Crippen molar-refractivity contribution in [1.82, 2.24) is 0 Å². The lowest BCUT2D eigenvalue weighted by molar-refractivity contribution is -0.116. The van der Waals surface area contributed by atoms with Gasteiger partial charge >= 0.3 is 0 Å². The normalized spacial score (nSPS) is 10.2. The molecule has 0 bridgehead atoms. The minimum absolute atomic E-state index is 0.0469. The van der Waals surface area contributed by atoms with Crippen molar-refractivity contribution in [1.29, 1.82) is 0 Å². The molecular formula is C23H23N3O2. The highest BCUT2D eigenvalue weighted by Gasteiger charge is 2.05. The molecule has 0 heterocycles. The molecule has 3 N–H and O–H groups in total. The van der Waals surface area contributed by atoms with Gasteiger partial charge in [0.2, 0.25) is 11.8 Å². The van der Waals surface area contributed by atoms with Crippen LogP contribution in [0.25, 0.3) is 0 Å². The largest absolute Gasteiger partial charge is 0.355 e. The van der Waals surface area contributed by atoms with E-state index in [-0.39, 0.29) is 11.8 Å². The number of hydrogen-bond acceptors (Lipinski definition) is 3. The van der Waals surface area contributed by atoms with E-state index >= 15 is 0 Å². The van der Waals surface area contributed by atoms with Gasteiger partial charge in [-0.2, -0.15) is 0 Å². The van der Waals surface area contributed by atoms with Crippen molar-refractivity contribution in [2.45, 2.75) is 20.3 Å². The topological polar surface area (TPSA) is 70.2 Å². The van der Waals surface area contributed by atoms with Crippen molar-refractivity contribution >= 4 is 34.6 Å². The van der Waals surface area contributed by atoms with E-state index in [2.05, 4.69) is 16.0 Å². The molecule has 5 heteroatoms. The van der Waals surface area contributed by atoms with E-state index in [4.69, 9.17) is 0 Å². The molecule has 0 spiro atoms. The zero-order chi connectivity index (χ0) is 19.9. The smallest absolute Gasteiger partial charge is 0.228 e. The van der Waals surface area contributed by atoms with Crippen LogP contribution in [0.4, 0.5) is 22.7 Å². The van der Waals surface area contributed by atoms with Crippen molar-refractivity contribution in [3.63, 3.8) is 0 Å². The number of aryl methyl sites for hydroxylation is 1. The van der Waals surface area contributed by atoms with Crippen molar-refractivity contribution < 1.29 is 9.59 Å². The van der Waals surface area contributed by atoms with Crippen LogP contribution in [0.3, 0.4) is 0 Å².